The molecule has 0 saturated heterocycles. The van der Waals surface area contributed by atoms with Crippen molar-refractivity contribution in [1.82, 2.24) is 9.97 Å². The lowest BCUT2D eigenvalue weighted by atomic mass is 10.2. The lowest BCUT2D eigenvalue weighted by Gasteiger charge is -2.16. The number of aromatic carboxylic acids is 1. The maximum Gasteiger partial charge on any atom is 0.356 e. The first-order chi connectivity index (χ1) is 8.44. The van der Waals surface area contributed by atoms with E-state index in [1.54, 1.807) is 26.0 Å². The van der Waals surface area contributed by atoms with Gasteiger partial charge in [0.25, 0.3) is 0 Å². The fourth-order valence-corrected chi connectivity index (χ4v) is 1.83. The van der Waals surface area contributed by atoms with Crippen molar-refractivity contribution in [3.8, 4) is 11.5 Å². The Labute approximate surface area is 102 Å². The van der Waals surface area contributed by atoms with Gasteiger partial charge in [0.05, 0.1) is 17.2 Å². The Kier molecular flexibility index (Phi) is 1.98. The molecule has 1 aliphatic rings. The van der Waals surface area contributed by atoms with Crippen molar-refractivity contribution in [3.63, 3.8) is 0 Å². The van der Waals surface area contributed by atoms with Crippen LogP contribution in [0, 0.1) is 0 Å². The normalized spacial score (nSPS) is 15.9. The number of rotatable bonds is 1. The van der Waals surface area contributed by atoms with Gasteiger partial charge in [-0.15, -0.1) is 0 Å². The van der Waals surface area contributed by atoms with Crippen molar-refractivity contribution < 1.29 is 19.4 Å². The van der Waals surface area contributed by atoms with Crippen LogP contribution in [0.2, 0.25) is 0 Å². The second-order valence-corrected chi connectivity index (χ2v) is 4.45. The van der Waals surface area contributed by atoms with Crippen molar-refractivity contribution in [2.24, 2.45) is 0 Å². The molecule has 92 valence electrons. The highest BCUT2D eigenvalue weighted by molar-refractivity contribution is 5.88. The van der Waals surface area contributed by atoms with Crippen molar-refractivity contribution in [3.05, 3.63) is 24.0 Å². The molecule has 3 rings (SSSR count). The quantitative estimate of drug-likeness (QED) is 0.826. The molecule has 0 spiro atoms. The molecule has 6 nitrogen and oxygen atoms in total. The van der Waals surface area contributed by atoms with Crippen LogP contribution in [0.1, 0.15) is 24.3 Å². The van der Waals surface area contributed by atoms with Gasteiger partial charge in [-0.2, -0.15) is 0 Å². The van der Waals surface area contributed by atoms with Crippen molar-refractivity contribution in [2.75, 3.05) is 0 Å². The summed E-state index contributed by atoms with van der Waals surface area (Å²) in [7, 11) is 0. The minimum absolute atomic E-state index is 0.0966. The molecule has 0 bridgehead atoms. The summed E-state index contributed by atoms with van der Waals surface area (Å²) < 4.78 is 11.1. The van der Waals surface area contributed by atoms with Crippen molar-refractivity contribution in [2.45, 2.75) is 19.6 Å². The molecule has 6 heteroatoms. The summed E-state index contributed by atoms with van der Waals surface area (Å²) in [5, 5.41) is 8.86. The van der Waals surface area contributed by atoms with E-state index in [0.29, 0.717) is 22.5 Å². The maximum atomic E-state index is 10.8. The molecular formula is C12H10N2O4. The van der Waals surface area contributed by atoms with Crippen LogP contribution in [0.3, 0.4) is 0 Å². The third kappa shape index (κ3) is 1.62. The minimum Gasteiger partial charge on any atom is -0.476 e. The Balaban J connectivity index is 2.17. The summed E-state index contributed by atoms with van der Waals surface area (Å²) in [5.74, 6) is -0.702. The van der Waals surface area contributed by atoms with E-state index in [4.69, 9.17) is 14.6 Å². The van der Waals surface area contributed by atoms with Gasteiger partial charge in [-0.25, -0.2) is 9.78 Å². The number of carbonyl (C=O) groups is 1. The molecule has 1 aromatic heterocycles. The molecule has 1 aliphatic heterocycles. The summed E-state index contributed by atoms with van der Waals surface area (Å²) in [4.78, 5) is 18.9. The monoisotopic (exact) mass is 246 g/mol. The van der Waals surface area contributed by atoms with E-state index < -0.39 is 11.8 Å². The van der Waals surface area contributed by atoms with Crippen LogP contribution < -0.4 is 9.47 Å². The van der Waals surface area contributed by atoms with Gasteiger partial charge in [-0.05, 0) is 0 Å². The number of hydrogen-bond donors (Lipinski definition) is 1. The zero-order valence-corrected chi connectivity index (χ0v) is 9.80. The molecule has 0 radical (unpaired) electrons. The molecule has 0 fully saturated rings. The first kappa shape index (κ1) is 10.8. The highest BCUT2D eigenvalue weighted by atomic mass is 16.7. The molecule has 2 heterocycles. The fourth-order valence-electron chi connectivity index (χ4n) is 1.83. The van der Waals surface area contributed by atoms with Crippen molar-refractivity contribution in [1.29, 1.82) is 0 Å². The number of benzene rings is 1. The smallest absolute Gasteiger partial charge is 0.356 e. The fraction of sp³-hybridized carbons (Fsp3) is 0.250. The summed E-state index contributed by atoms with van der Waals surface area (Å²) in [6.45, 7) is 3.59. The molecule has 0 unspecified atom stereocenters. The molecule has 18 heavy (non-hydrogen) atoms. The molecule has 0 atom stereocenters. The predicted molar refractivity (Wildman–Crippen MR) is 61.8 cm³/mol. The topological polar surface area (TPSA) is 81.5 Å². The summed E-state index contributed by atoms with van der Waals surface area (Å²) in [6.07, 6.45) is 1.22. The van der Waals surface area contributed by atoms with Gasteiger partial charge in [-0.3, -0.25) is 4.98 Å². The van der Waals surface area contributed by atoms with E-state index >= 15 is 0 Å². The van der Waals surface area contributed by atoms with E-state index in [9.17, 15) is 4.79 Å². The number of carboxylic acid groups (broad SMARTS) is 1. The van der Waals surface area contributed by atoms with Gasteiger partial charge < -0.3 is 14.6 Å². The highest BCUT2D eigenvalue weighted by Gasteiger charge is 2.32. The van der Waals surface area contributed by atoms with Crippen LogP contribution in [-0.2, 0) is 0 Å². The Morgan fingerprint density at radius 1 is 1.22 bits per heavy atom. The predicted octanol–water partition coefficient (Wildman–Crippen LogP) is 1.84. The summed E-state index contributed by atoms with van der Waals surface area (Å²) in [6, 6.07) is 3.33. The Morgan fingerprint density at radius 2 is 1.83 bits per heavy atom. The molecule has 0 aliphatic carbocycles. The molecule has 0 amide bonds. The molecular weight excluding hydrogens is 236 g/mol. The van der Waals surface area contributed by atoms with E-state index in [-0.39, 0.29) is 5.69 Å². The Morgan fingerprint density at radius 3 is 2.44 bits per heavy atom. The average Bonchev–Trinajstić information content (AvgIpc) is 2.57. The van der Waals surface area contributed by atoms with E-state index in [1.165, 1.54) is 6.20 Å². The summed E-state index contributed by atoms with van der Waals surface area (Å²) in [5.41, 5.74) is 0.940. The second-order valence-electron chi connectivity index (χ2n) is 4.45. The third-order valence-corrected chi connectivity index (χ3v) is 2.54. The zero-order valence-electron chi connectivity index (χ0n) is 9.80. The zero-order chi connectivity index (χ0) is 12.9. The largest absolute Gasteiger partial charge is 0.476 e. The number of ether oxygens (including phenoxy) is 2. The van der Waals surface area contributed by atoms with Crippen LogP contribution in [0.4, 0.5) is 0 Å². The number of carboxylic acids is 1. The van der Waals surface area contributed by atoms with E-state index in [1.807, 2.05) is 0 Å². The van der Waals surface area contributed by atoms with Gasteiger partial charge in [0.2, 0.25) is 5.79 Å². The number of hydrogen-bond acceptors (Lipinski definition) is 5. The van der Waals surface area contributed by atoms with Gasteiger partial charge in [0, 0.05) is 26.0 Å². The van der Waals surface area contributed by atoms with Crippen LogP contribution >= 0.6 is 0 Å². The van der Waals surface area contributed by atoms with Gasteiger partial charge >= 0.3 is 5.97 Å². The maximum absolute atomic E-state index is 10.8. The number of nitrogens with zero attached hydrogens (tertiary/aromatic N) is 2. The molecule has 2 aromatic rings. The molecule has 0 saturated carbocycles. The first-order valence-electron chi connectivity index (χ1n) is 5.37. The van der Waals surface area contributed by atoms with Crippen molar-refractivity contribution >= 4 is 17.0 Å². The van der Waals surface area contributed by atoms with Crippen LogP contribution in [-0.4, -0.2) is 26.8 Å². The average molecular weight is 246 g/mol. The minimum atomic E-state index is -1.11. The lowest BCUT2D eigenvalue weighted by molar-refractivity contribution is -0.0431. The molecule has 1 N–H and O–H groups in total. The second kappa shape index (κ2) is 3.32. The third-order valence-electron chi connectivity index (χ3n) is 2.54. The van der Waals surface area contributed by atoms with Crippen LogP contribution in [0.25, 0.3) is 11.0 Å². The number of fused-ring (bicyclic) bond motifs is 2. The number of aromatic nitrogens is 2. The van der Waals surface area contributed by atoms with E-state index in [0.717, 1.165) is 0 Å². The lowest BCUT2D eigenvalue weighted by Crippen LogP contribution is -2.29. The van der Waals surface area contributed by atoms with Crippen LogP contribution in [0.15, 0.2) is 18.3 Å². The Hall–Kier alpha value is -2.37. The van der Waals surface area contributed by atoms with Gasteiger partial charge in [0.15, 0.2) is 17.2 Å². The standard InChI is InChI=1S/C12H10N2O4/c1-12(2)17-9-3-6-7(4-10(9)18-12)14-8(5-13-6)11(15)16/h3-5H,1-2H3,(H,15,16). The SMILES string of the molecule is CC1(C)Oc2cc3ncc(C(=O)O)nc3cc2O1. The van der Waals surface area contributed by atoms with E-state index in [2.05, 4.69) is 9.97 Å². The highest BCUT2D eigenvalue weighted by Crippen LogP contribution is 2.40. The first-order valence-corrected chi connectivity index (χ1v) is 5.37. The van der Waals surface area contributed by atoms with Gasteiger partial charge in [-0.1, -0.05) is 0 Å². The van der Waals surface area contributed by atoms with Crippen LogP contribution in [0.5, 0.6) is 11.5 Å². The van der Waals surface area contributed by atoms with Gasteiger partial charge in [0.1, 0.15) is 0 Å². The Bertz CT molecular complexity index is 666. The summed E-state index contributed by atoms with van der Waals surface area (Å²) >= 11 is 0. The molecule has 1 aromatic carbocycles.